The summed E-state index contributed by atoms with van der Waals surface area (Å²) in [4.78, 5) is 23.9. The fraction of sp³-hybridized carbons (Fsp3) is 0.375. The number of anilines is 1. The largest absolute Gasteiger partial charge is 0.508 e. The minimum absolute atomic E-state index is 0.124. The number of carbonyl (C=O) groups is 2. The van der Waals surface area contributed by atoms with E-state index < -0.39 is 11.9 Å². The third kappa shape index (κ3) is 3.62. The van der Waals surface area contributed by atoms with E-state index in [-0.39, 0.29) is 24.1 Å². The Morgan fingerprint density at radius 2 is 2.24 bits per heavy atom. The van der Waals surface area contributed by atoms with Gasteiger partial charge in [-0.15, -0.1) is 0 Å². The van der Waals surface area contributed by atoms with Crippen LogP contribution in [0.5, 0.6) is 5.75 Å². The number of allylic oxidation sites excluding steroid dienone is 2. The number of ether oxygens (including phenoxy) is 1. The molecule has 0 aliphatic heterocycles. The Labute approximate surface area is 123 Å². The molecule has 0 saturated carbocycles. The van der Waals surface area contributed by atoms with Crippen LogP contribution in [-0.4, -0.2) is 23.5 Å². The number of carbonyl (C=O) groups excluding carboxylic acids is 2. The molecule has 0 spiro atoms. The fourth-order valence-electron chi connectivity index (χ4n) is 2.50. The molecule has 21 heavy (non-hydrogen) atoms. The Balaban J connectivity index is 2.12. The lowest BCUT2D eigenvalue weighted by Gasteiger charge is -2.26. The van der Waals surface area contributed by atoms with Gasteiger partial charge in [0.05, 0.1) is 6.61 Å². The summed E-state index contributed by atoms with van der Waals surface area (Å²) in [6.45, 7) is 3.85. The van der Waals surface area contributed by atoms with Gasteiger partial charge in [0.2, 0.25) is 0 Å². The minimum atomic E-state index is -0.723. The average molecular weight is 289 g/mol. The highest BCUT2D eigenvalue weighted by molar-refractivity contribution is 6.06. The maximum Gasteiger partial charge on any atom is 0.317 e. The van der Waals surface area contributed by atoms with Crippen molar-refractivity contribution in [3.8, 4) is 5.75 Å². The highest BCUT2D eigenvalue weighted by Gasteiger charge is 2.36. The van der Waals surface area contributed by atoms with E-state index >= 15 is 0 Å². The Morgan fingerprint density at radius 3 is 2.86 bits per heavy atom. The summed E-state index contributed by atoms with van der Waals surface area (Å²) >= 11 is 0. The summed E-state index contributed by atoms with van der Waals surface area (Å²) in [5.74, 6) is -1.39. The van der Waals surface area contributed by atoms with Crippen LogP contribution in [0, 0.1) is 11.8 Å². The Kier molecular flexibility index (Phi) is 4.62. The van der Waals surface area contributed by atoms with Crippen molar-refractivity contribution in [3.63, 3.8) is 0 Å². The standard InChI is InChI=1S/C16H19NO4/c1-3-21-16(20)15-10(2)7-12(9-14(15)19)17-11-5-4-6-13(18)8-11/h4-6,8-10,15,17-18H,3,7H2,1-2H3/t10-,15+/m1/s1. The van der Waals surface area contributed by atoms with Crippen LogP contribution in [-0.2, 0) is 14.3 Å². The van der Waals surface area contributed by atoms with E-state index in [2.05, 4.69) is 5.32 Å². The Morgan fingerprint density at radius 1 is 1.48 bits per heavy atom. The summed E-state index contributed by atoms with van der Waals surface area (Å²) in [6.07, 6.45) is 2.02. The molecule has 112 valence electrons. The molecule has 1 aromatic rings. The van der Waals surface area contributed by atoms with E-state index in [1.54, 1.807) is 31.2 Å². The number of rotatable bonds is 4. The number of esters is 1. The topological polar surface area (TPSA) is 75.6 Å². The zero-order chi connectivity index (χ0) is 15.4. The number of hydrogen-bond donors (Lipinski definition) is 2. The van der Waals surface area contributed by atoms with Gasteiger partial charge in [0, 0.05) is 23.5 Å². The Bertz CT molecular complexity index is 579. The highest BCUT2D eigenvalue weighted by Crippen LogP contribution is 2.29. The van der Waals surface area contributed by atoms with Crippen molar-refractivity contribution in [2.75, 3.05) is 11.9 Å². The predicted molar refractivity (Wildman–Crippen MR) is 78.7 cm³/mol. The lowest BCUT2D eigenvalue weighted by molar-refractivity contribution is -0.152. The average Bonchev–Trinajstić information content (AvgIpc) is 2.38. The van der Waals surface area contributed by atoms with Crippen LogP contribution >= 0.6 is 0 Å². The summed E-state index contributed by atoms with van der Waals surface area (Å²) in [7, 11) is 0. The third-order valence-electron chi connectivity index (χ3n) is 3.43. The van der Waals surface area contributed by atoms with Gasteiger partial charge >= 0.3 is 5.97 Å². The zero-order valence-electron chi connectivity index (χ0n) is 12.1. The molecule has 2 rings (SSSR count). The van der Waals surface area contributed by atoms with Gasteiger partial charge in [0.1, 0.15) is 11.7 Å². The zero-order valence-corrected chi connectivity index (χ0v) is 12.1. The molecule has 1 aliphatic rings. The molecule has 5 nitrogen and oxygen atoms in total. The maximum atomic E-state index is 12.1. The van der Waals surface area contributed by atoms with Crippen LogP contribution < -0.4 is 5.32 Å². The lowest BCUT2D eigenvalue weighted by Crippen LogP contribution is -2.34. The quantitative estimate of drug-likeness (QED) is 0.658. The summed E-state index contributed by atoms with van der Waals surface area (Å²) in [5, 5.41) is 12.5. The smallest absolute Gasteiger partial charge is 0.317 e. The SMILES string of the molecule is CCOC(=O)[C@@H]1C(=O)C=C(Nc2cccc(O)c2)C[C@H]1C. The van der Waals surface area contributed by atoms with Crippen molar-refractivity contribution >= 4 is 17.4 Å². The number of hydrogen-bond acceptors (Lipinski definition) is 5. The van der Waals surface area contributed by atoms with Crippen molar-refractivity contribution in [3.05, 3.63) is 36.0 Å². The summed E-state index contributed by atoms with van der Waals surface area (Å²) < 4.78 is 4.95. The van der Waals surface area contributed by atoms with Crippen LogP contribution in [0.2, 0.25) is 0 Å². The van der Waals surface area contributed by atoms with Gasteiger partial charge in [-0.3, -0.25) is 9.59 Å². The molecular formula is C16H19NO4. The van der Waals surface area contributed by atoms with Gasteiger partial charge in [-0.2, -0.15) is 0 Å². The molecule has 2 N–H and O–H groups in total. The van der Waals surface area contributed by atoms with Crippen LogP contribution in [0.15, 0.2) is 36.0 Å². The molecule has 0 saturated heterocycles. The molecule has 0 heterocycles. The molecule has 0 unspecified atom stereocenters. The normalized spacial score (nSPS) is 21.6. The van der Waals surface area contributed by atoms with E-state index in [9.17, 15) is 14.7 Å². The second-order valence-electron chi connectivity index (χ2n) is 5.16. The first kappa shape index (κ1) is 15.1. The van der Waals surface area contributed by atoms with Crippen LogP contribution in [0.1, 0.15) is 20.3 Å². The maximum absolute atomic E-state index is 12.1. The minimum Gasteiger partial charge on any atom is -0.508 e. The van der Waals surface area contributed by atoms with Gasteiger partial charge in [0.15, 0.2) is 5.78 Å². The van der Waals surface area contributed by atoms with Crippen LogP contribution in [0.4, 0.5) is 5.69 Å². The monoisotopic (exact) mass is 289 g/mol. The van der Waals surface area contributed by atoms with Crippen LogP contribution in [0.3, 0.4) is 0 Å². The molecule has 1 aromatic carbocycles. The number of phenolic OH excluding ortho intramolecular Hbond substituents is 1. The molecule has 5 heteroatoms. The van der Waals surface area contributed by atoms with Gasteiger partial charge < -0.3 is 15.2 Å². The number of aromatic hydroxyl groups is 1. The summed E-state index contributed by atoms with van der Waals surface area (Å²) in [5.41, 5.74) is 1.44. The molecule has 0 fully saturated rings. The number of ketones is 1. The number of benzene rings is 1. The molecular weight excluding hydrogens is 270 g/mol. The molecule has 0 radical (unpaired) electrons. The van der Waals surface area contributed by atoms with Crippen molar-refractivity contribution in [1.82, 2.24) is 0 Å². The second-order valence-corrected chi connectivity index (χ2v) is 5.16. The first-order valence-corrected chi connectivity index (χ1v) is 6.98. The van der Waals surface area contributed by atoms with Crippen LogP contribution in [0.25, 0.3) is 0 Å². The first-order valence-electron chi connectivity index (χ1n) is 6.98. The molecule has 2 atom stereocenters. The molecule has 0 amide bonds. The van der Waals surface area contributed by atoms with Gasteiger partial charge in [-0.1, -0.05) is 13.0 Å². The van der Waals surface area contributed by atoms with E-state index in [0.717, 1.165) is 5.70 Å². The lowest BCUT2D eigenvalue weighted by atomic mass is 9.82. The highest BCUT2D eigenvalue weighted by atomic mass is 16.5. The fourth-order valence-corrected chi connectivity index (χ4v) is 2.50. The predicted octanol–water partition coefficient (Wildman–Crippen LogP) is 2.48. The van der Waals surface area contributed by atoms with E-state index in [0.29, 0.717) is 12.1 Å². The van der Waals surface area contributed by atoms with E-state index in [4.69, 9.17) is 4.74 Å². The molecule has 1 aliphatic carbocycles. The number of nitrogens with one attached hydrogen (secondary N) is 1. The van der Waals surface area contributed by atoms with Gasteiger partial charge in [-0.05, 0) is 31.4 Å². The van der Waals surface area contributed by atoms with E-state index in [1.807, 2.05) is 6.92 Å². The van der Waals surface area contributed by atoms with E-state index in [1.165, 1.54) is 6.08 Å². The third-order valence-corrected chi connectivity index (χ3v) is 3.43. The molecule has 0 aromatic heterocycles. The second kappa shape index (κ2) is 6.43. The van der Waals surface area contributed by atoms with Crippen molar-refractivity contribution < 1.29 is 19.4 Å². The summed E-state index contributed by atoms with van der Waals surface area (Å²) in [6, 6.07) is 6.67. The van der Waals surface area contributed by atoms with Crippen molar-refractivity contribution in [2.24, 2.45) is 11.8 Å². The first-order chi connectivity index (χ1) is 10.0. The van der Waals surface area contributed by atoms with Crippen molar-refractivity contribution in [2.45, 2.75) is 20.3 Å². The molecule has 0 bridgehead atoms. The number of phenols is 1. The Hall–Kier alpha value is -2.30. The van der Waals surface area contributed by atoms with Crippen molar-refractivity contribution in [1.29, 1.82) is 0 Å². The van der Waals surface area contributed by atoms with Gasteiger partial charge in [-0.25, -0.2) is 0 Å². The van der Waals surface area contributed by atoms with Gasteiger partial charge in [0.25, 0.3) is 0 Å².